The average Bonchev–Trinajstić information content (AvgIpc) is 2.49. The first kappa shape index (κ1) is 16.8. The minimum atomic E-state index is 0.579. The zero-order valence-electron chi connectivity index (χ0n) is 12.9. The smallest absolute Gasteiger partial charge is 0.124 e. The Morgan fingerprint density at radius 2 is 1.95 bits per heavy atom. The monoisotopic (exact) mass is 281 g/mol. The molecule has 0 saturated heterocycles. The maximum Gasteiger partial charge on any atom is 0.124 e. The van der Waals surface area contributed by atoms with Gasteiger partial charge in [-0.2, -0.15) is 0 Å². The van der Waals surface area contributed by atoms with E-state index in [0.717, 1.165) is 49.6 Å². The summed E-state index contributed by atoms with van der Waals surface area (Å²) >= 11 is 0. The highest BCUT2D eigenvalue weighted by Gasteiger charge is 2.05. The second kappa shape index (κ2) is 10.5. The molecule has 20 heavy (non-hydrogen) atoms. The predicted octanol–water partition coefficient (Wildman–Crippen LogP) is 3.00. The van der Waals surface area contributed by atoms with E-state index in [0.29, 0.717) is 13.2 Å². The third-order valence-corrected chi connectivity index (χ3v) is 2.96. The molecule has 0 saturated carbocycles. The van der Waals surface area contributed by atoms with E-state index in [2.05, 4.69) is 19.2 Å². The molecule has 0 spiro atoms. The fourth-order valence-corrected chi connectivity index (χ4v) is 1.78. The van der Waals surface area contributed by atoms with E-state index in [1.165, 1.54) is 0 Å². The van der Waals surface area contributed by atoms with Gasteiger partial charge >= 0.3 is 0 Å². The molecule has 0 bridgehead atoms. The summed E-state index contributed by atoms with van der Waals surface area (Å²) < 4.78 is 16.5. The fourth-order valence-electron chi connectivity index (χ4n) is 1.78. The van der Waals surface area contributed by atoms with E-state index in [4.69, 9.17) is 14.2 Å². The lowest BCUT2D eigenvalue weighted by Gasteiger charge is -2.13. The molecule has 0 heterocycles. The molecule has 1 aromatic carbocycles. The lowest BCUT2D eigenvalue weighted by atomic mass is 10.2. The first-order valence-corrected chi connectivity index (χ1v) is 7.40. The standard InChI is InChI=1S/C16H27NO3/c1-4-6-9-19-10-11-20-16-8-7-15(18-3)12-14(16)13-17-5-2/h7-8,12,17H,4-6,9-11,13H2,1-3H3. The number of rotatable bonds is 11. The summed E-state index contributed by atoms with van der Waals surface area (Å²) in [7, 11) is 1.68. The van der Waals surface area contributed by atoms with Gasteiger partial charge in [0.25, 0.3) is 0 Å². The van der Waals surface area contributed by atoms with Gasteiger partial charge in [-0.15, -0.1) is 0 Å². The van der Waals surface area contributed by atoms with Gasteiger partial charge in [0.2, 0.25) is 0 Å². The van der Waals surface area contributed by atoms with Gasteiger partial charge in [0.1, 0.15) is 18.1 Å². The van der Waals surface area contributed by atoms with Gasteiger partial charge < -0.3 is 19.5 Å². The van der Waals surface area contributed by atoms with E-state index in [1.807, 2.05) is 18.2 Å². The van der Waals surface area contributed by atoms with E-state index in [9.17, 15) is 0 Å². The van der Waals surface area contributed by atoms with Crippen molar-refractivity contribution in [2.45, 2.75) is 33.2 Å². The number of unbranched alkanes of at least 4 members (excludes halogenated alkanes) is 1. The van der Waals surface area contributed by atoms with Crippen LogP contribution in [0.25, 0.3) is 0 Å². The summed E-state index contributed by atoms with van der Waals surface area (Å²) in [4.78, 5) is 0. The summed E-state index contributed by atoms with van der Waals surface area (Å²) in [6.07, 6.45) is 2.26. The summed E-state index contributed by atoms with van der Waals surface area (Å²) in [5.41, 5.74) is 1.11. The van der Waals surface area contributed by atoms with E-state index < -0.39 is 0 Å². The van der Waals surface area contributed by atoms with Crippen LogP contribution in [-0.2, 0) is 11.3 Å². The number of hydrogen-bond donors (Lipinski definition) is 1. The van der Waals surface area contributed by atoms with Crippen molar-refractivity contribution in [1.29, 1.82) is 0 Å². The lowest BCUT2D eigenvalue weighted by molar-refractivity contribution is 0.0977. The number of ether oxygens (including phenoxy) is 3. The van der Waals surface area contributed by atoms with Crippen LogP contribution in [0.1, 0.15) is 32.3 Å². The largest absolute Gasteiger partial charge is 0.497 e. The van der Waals surface area contributed by atoms with Crippen molar-refractivity contribution in [1.82, 2.24) is 5.32 Å². The van der Waals surface area contributed by atoms with Gasteiger partial charge in [-0.05, 0) is 31.2 Å². The third kappa shape index (κ3) is 6.26. The molecule has 1 aromatic rings. The maximum atomic E-state index is 5.79. The Bertz CT molecular complexity index is 369. The molecule has 4 heteroatoms. The number of methoxy groups -OCH3 is 1. The Morgan fingerprint density at radius 3 is 2.65 bits per heavy atom. The molecule has 0 fully saturated rings. The summed E-state index contributed by atoms with van der Waals surface area (Å²) in [5, 5.41) is 3.31. The molecule has 0 aliphatic carbocycles. The van der Waals surface area contributed by atoms with Crippen molar-refractivity contribution in [3.63, 3.8) is 0 Å². The molecule has 0 unspecified atom stereocenters. The molecule has 1 rings (SSSR count). The number of hydrogen-bond acceptors (Lipinski definition) is 4. The summed E-state index contributed by atoms with van der Waals surface area (Å²) in [6, 6.07) is 5.89. The zero-order valence-corrected chi connectivity index (χ0v) is 12.9. The third-order valence-electron chi connectivity index (χ3n) is 2.96. The molecular weight excluding hydrogens is 254 g/mol. The van der Waals surface area contributed by atoms with Gasteiger partial charge in [-0.25, -0.2) is 0 Å². The Kier molecular flexibility index (Phi) is 8.83. The van der Waals surface area contributed by atoms with Crippen molar-refractivity contribution < 1.29 is 14.2 Å². The molecule has 4 nitrogen and oxygen atoms in total. The van der Waals surface area contributed by atoms with Crippen molar-refractivity contribution in [2.75, 3.05) is 33.5 Å². The molecule has 0 amide bonds. The predicted molar refractivity (Wildman–Crippen MR) is 81.6 cm³/mol. The van der Waals surface area contributed by atoms with Crippen LogP contribution >= 0.6 is 0 Å². The molecule has 1 N–H and O–H groups in total. The Hall–Kier alpha value is -1.26. The van der Waals surface area contributed by atoms with Crippen LogP contribution in [0.4, 0.5) is 0 Å². The molecule has 0 radical (unpaired) electrons. The van der Waals surface area contributed by atoms with E-state index in [1.54, 1.807) is 7.11 Å². The van der Waals surface area contributed by atoms with Gasteiger partial charge in [0.15, 0.2) is 0 Å². The van der Waals surface area contributed by atoms with E-state index in [-0.39, 0.29) is 0 Å². The van der Waals surface area contributed by atoms with Crippen LogP contribution < -0.4 is 14.8 Å². The molecule has 114 valence electrons. The molecule has 0 aromatic heterocycles. The van der Waals surface area contributed by atoms with Gasteiger partial charge in [0, 0.05) is 18.7 Å². The average molecular weight is 281 g/mol. The first-order chi connectivity index (χ1) is 9.81. The van der Waals surface area contributed by atoms with Crippen LogP contribution in [0.3, 0.4) is 0 Å². The van der Waals surface area contributed by atoms with Crippen LogP contribution in [0.5, 0.6) is 11.5 Å². The van der Waals surface area contributed by atoms with Crippen molar-refractivity contribution in [3.05, 3.63) is 23.8 Å². The molecule has 0 atom stereocenters. The molecule has 0 aliphatic rings. The van der Waals surface area contributed by atoms with Crippen LogP contribution in [-0.4, -0.2) is 33.5 Å². The van der Waals surface area contributed by atoms with Gasteiger partial charge in [-0.3, -0.25) is 0 Å². The Morgan fingerprint density at radius 1 is 1.10 bits per heavy atom. The summed E-state index contributed by atoms with van der Waals surface area (Å²) in [5.74, 6) is 1.75. The highest BCUT2D eigenvalue weighted by molar-refractivity contribution is 5.40. The van der Waals surface area contributed by atoms with Gasteiger partial charge in [0.05, 0.1) is 13.7 Å². The highest BCUT2D eigenvalue weighted by atomic mass is 16.5. The first-order valence-electron chi connectivity index (χ1n) is 7.40. The maximum absolute atomic E-state index is 5.79. The minimum absolute atomic E-state index is 0.579. The normalized spacial score (nSPS) is 10.6. The van der Waals surface area contributed by atoms with Gasteiger partial charge in [-0.1, -0.05) is 20.3 Å². The number of benzene rings is 1. The minimum Gasteiger partial charge on any atom is -0.497 e. The van der Waals surface area contributed by atoms with Crippen molar-refractivity contribution in [3.8, 4) is 11.5 Å². The lowest BCUT2D eigenvalue weighted by Crippen LogP contribution is -2.14. The highest BCUT2D eigenvalue weighted by Crippen LogP contribution is 2.24. The van der Waals surface area contributed by atoms with Crippen molar-refractivity contribution in [2.24, 2.45) is 0 Å². The second-order valence-corrected chi connectivity index (χ2v) is 4.57. The topological polar surface area (TPSA) is 39.7 Å². The van der Waals surface area contributed by atoms with Crippen LogP contribution in [0.15, 0.2) is 18.2 Å². The van der Waals surface area contributed by atoms with Crippen LogP contribution in [0.2, 0.25) is 0 Å². The van der Waals surface area contributed by atoms with E-state index >= 15 is 0 Å². The Balaban J connectivity index is 2.45. The number of nitrogens with one attached hydrogen (secondary N) is 1. The Labute approximate surface area is 122 Å². The van der Waals surface area contributed by atoms with Crippen LogP contribution in [0, 0.1) is 0 Å². The SMILES string of the molecule is CCCCOCCOc1ccc(OC)cc1CNCC. The molecular formula is C16H27NO3. The van der Waals surface area contributed by atoms with Crippen molar-refractivity contribution >= 4 is 0 Å². The molecule has 0 aliphatic heterocycles. The zero-order chi connectivity index (χ0) is 14.6. The quantitative estimate of drug-likeness (QED) is 0.633. The summed E-state index contributed by atoms with van der Waals surface area (Å²) in [6.45, 7) is 7.97. The second-order valence-electron chi connectivity index (χ2n) is 4.57. The fraction of sp³-hybridized carbons (Fsp3) is 0.625.